The van der Waals surface area contributed by atoms with Crippen molar-refractivity contribution >= 4 is 0 Å². The van der Waals surface area contributed by atoms with Gasteiger partial charge in [0, 0.05) is 6.61 Å². The highest BCUT2D eigenvalue weighted by atomic mass is 16.5. The second kappa shape index (κ2) is 4.69. The van der Waals surface area contributed by atoms with Gasteiger partial charge < -0.3 is 10.1 Å². The fraction of sp³-hybridized carbons (Fsp3) is 1.00. The first-order valence-electron chi connectivity index (χ1n) is 3.85. The van der Waals surface area contributed by atoms with Crippen molar-refractivity contribution in [3.8, 4) is 0 Å². The third-order valence-electron chi connectivity index (χ3n) is 1.11. The predicted octanol–water partition coefficient (Wildman–Crippen LogP) is 1.41. The van der Waals surface area contributed by atoms with Gasteiger partial charge in [-0.2, -0.15) is 0 Å². The van der Waals surface area contributed by atoms with E-state index in [2.05, 4.69) is 26.1 Å². The second-order valence-electron chi connectivity index (χ2n) is 3.42. The minimum Gasteiger partial charge on any atom is -0.376 e. The molecule has 0 amide bonds. The van der Waals surface area contributed by atoms with Gasteiger partial charge in [-0.3, -0.25) is 0 Å². The molecule has 0 fully saturated rings. The summed E-state index contributed by atoms with van der Waals surface area (Å²) in [5, 5.41) is 3.07. The summed E-state index contributed by atoms with van der Waals surface area (Å²) in [4.78, 5) is 0. The van der Waals surface area contributed by atoms with E-state index in [1.165, 1.54) is 0 Å². The van der Waals surface area contributed by atoms with E-state index in [0.717, 1.165) is 19.6 Å². The van der Waals surface area contributed by atoms with Crippen LogP contribution in [0, 0.1) is 0 Å². The molecule has 0 aliphatic heterocycles. The molecule has 0 saturated carbocycles. The van der Waals surface area contributed by atoms with Gasteiger partial charge in [0.05, 0.1) is 5.60 Å². The van der Waals surface area contributed by atoms with Crippen molar-refractivity contribution in [1.82, 2.24) is 5.32 Å². The number of hydrogen-bond acceptors (Lipinski definition) is 2. The van der Waals surface area contributed by atoms with Crippen molar-refractivity contribution in [2.75, 3.05) is 20.2 Å². The minimum absolute atomic E-state index is 0.0216. The van der Waals surface area contributed by atoms with Gasteiger partial charge in [0.25, 0.3) is 0 Å². The van der Waals surface area contributed by atoms with Gasteiger partial charge in [0.1, 0.15) is 0 Å². The molecule has 0 radical (unpaired) electrons. The predicted molar refractivity (Wildman–Crippen MR) is 44.2 cm³/mol. The molecule has 0 bridgehead atoms. The highest BCUT2D eigenvalue weighted by Crippen LogP contribution is 2.06. The summed E-state index contributed by atoms with van der Waals surface area (Å²) in [6, 6.07) is 0. The molecule has 0 aliphatic rings. The molecule has 0 aromatic carbocycles. The average Bonchev–Trinajstić information content (AvgIpc) is 1.78. The summed E-state index contributed by atoms with van der Waals surface area (Å²) in [5.74, 6) is 0. The first-order valence-corrected chi connectivity index (χ1v) is 3.85. The fourth-order valence-electron chi connectivity index (χ4n) is 0.627. The molecule has 0 rings (SSSR count). The lowest BCUT2D eigenvalue weighted by atomic mass is 10.2. The zero-order valence-corrected chi connectivity index (χ0v) is 7.53. The van der Waals surface area contributed by atoms with Crippen LogP contribution in [0.4, 0.5) is 0 Å². The molecule has 0 aromatic heterocycles. The van der Waals surface area contributed by atoms with Crippen LogP contribution in [0.25, 0.3) is 0 Å². The van der Waals surface area contributed by atoms with Crippen LogP contribution >= 0.6 is 0 Å². The van der Waals surface area contributed by atoms with Crippen LogP contribution in [-0.2, 0) is 4.74 Å². The smallest absolute Gasteiger partial charge is 0.0598 e. The molecule has 0 aromatic rings. The van der Waals surface area contributed by atoms with E-state index in [1.807, 2.05) is 7.05 Å². The van der Waals surface area contributed by atoms with E-state index in [4.69, 9.17) is 4.74 Å². The van der Waals surface area contributed by atoms with E-state index in [1.54, 1.807) is 0 Å². The summed E-state index contributed by atoms with van der Waals surface area (Å²) < 4.78 is 5.49. The van der Waals surface area contributed by atoms with Crippen LogP contribution < -0.4 is 5.32 Å². The van der Waals surface area contributed by atoms with Gasteiger partial charge in [-0.15, -0.1) is 0 Å². The summed E-state index contributed by atoms with van der Waals surface area (Å²) >= 11 is 0. The lowest BCUT2D eigenvalue weighted by molar-refractivity contribution is -0.00363. The first-order chi connectivity index (χ1) is 4.56. The molecule has 10 heavy (non-hydrogen) atoms. The zero-order chi connectivity index (χ0) is 8.04. The van der Waals surface area contributed by atoms with Crippen molar-refractivity contribution in [3.05, 3.63) is 0 Å². The maximum absolute atomic E-state index is 5.49. The van der Waals surface area contributed by atoms with E-state index in [-0.39, 0.29) is 5.60 Å². The zero-order valence-electron chi connectivity index (χ0n) is 7.53. The number of nitrogens with one attached hydrogen (secondary N) is 1. The monoisotopic (exact) mass is 145 g/mol. The highest BCUT2D eigenvalue weighted by molar-refractivity contribution is 4.58. The van der Waals surface area contributed by atoms with Crippen LogP contribution in [0.15, 0.2) is 0 Å². The summed E-state index contributed by atoms with van der Waals surface area (Å²) in [6.45, 7) is 8.12. The molecule has 1 N–H and O–H groups in total. The van der Waals surface area contributed by atoms with Gasteiger partial charge >= 0.3 is 0 Å². The van der Waals surface area contributed by atoms with Crippen LogP contribution in [0.1, 0.15) is 27.2 Å². The normalized spacial score (nSPS) is 12.0. The topological polar surface area (TPSA) is 21.3 Å². The molecule has 62 valence electrons. The van der Waals surface area contributed by atoms with Gasteiger partial charge in [-0.25, -0.2) is 0 Å². The van der Waals surface area contributed by atoms with E-state index in [9.17, 15) is 0 Å². The molecular weight excluding hydrogens is 126 g/mol. The minimum atomic E-state index is 0.0216. The van der Waals surface area contributed by atoms with Gasteiger partial charge in [-0.05, 0) is 40.8 Å². The van der Waals surface area contributed by atoms with Gasteiger partial charge in [0.2, 0.25) is 0 Å². The molecule has 0 spiro atoms. The van der Waals surface area contributed by atoms with E-state index in [0.29, 0.717) is 0 Å². The largest absolute Gasteiger partial charge is 0.376 e. The van der Waals surface area contributed by atoms with Crippen molar-refractivity contribution in [2.45, 2.75) is 32.8 Å². The number of hydrogen-bond donors (Lipinski definition) is 1. The second-order valence-corrected chi connectivity index (χ2v) is 3.42. The quantitative estimate of drug-likeness (QED) is 0.604. The summed E-state index contributed by atoms with van der Waals surface area (Å²) in [6.07, 6.45) is 1.09. The third kappa shape index (κ3) is 7.92. The molecule has 2 heteroatoms. The standard InChI is InChI=1S/C8H19NO/c1-8(2,3)10-7-5-6-9-4/h9H,5-7H2,1-4H3. The Kier molecular flexibility index (Phi) is 4.65. The van der Waals surface area contributed by atoms with Crippen molar-refractivity contribution in [3.63, 3.8) is 0 Å². The van der Waals surface area contributed by atoms with Crippen molar-refractivity contribution in [2.24, 2.45) is 0 Å². The van der Waals surface area contributed by atoms with Gasteiger partial charge in [-0.1, -0.05) is 0 Å². The van der Waals surface area contributed by atoms with Crippen LogP contribution in [0.2, 0.25) is 0 Å². The molecule has 0 heterocycles. The number of ether oxygens (including phenoxy) is 1. The van der Waals surface area contributed by atoms with E-state index < -0.39 is 0 Å². The lowest BCUT2D eigenvalue weighted by Gasteiger charge is -2.19. The average molecular weight is 145 g/mol. The Bertz CT molecular complexity index is 75.8. The SMILES string of the molecule is CNCCCOC(C)(C)C. The van der Waals surface area contributed by atoms with Crippen molar-refractivity contribution in [1.29, 1.82) is 0 Å². The van der Waals surface area contributed by atoms with Crippen LogP contribution in [0.3, 0.4) is 0 Å². The van der Waals surface area contributed by atoms with Crippen LogP contribution in [-0.4, -0.2) is 25.8 Å². The summed E-state index contributed by atoms with van der Waals surface area (Å²) in [7, 11) is 1.96. The molecule has 0 saturated heterocycles. The third-order valence-corrected chi connectivity index (χ3v) is 1.11. The molecule has 0 atom stereocenters. The summed E-state index contributed by atoms with van der Waals surface area (Å²) in [5.41, 5.74) is 0.0216. The molecule has 0 aliphatic carbocycles. The van der Waals surface area contributed by atoms with Crippen LogP contribution in [0.5, 0.6) is 0 Å². The Labute approximate surface area is 64.0 Å². The Hall–Kier alpha value is -0.0800. The Morgan fingerprint density at radius 2 is 1.90 bits per heavy atom. The van der Waals surface area contributed by atoms with E-state index >= 15 is 0 Å². The maximum atomic E-state index is 5.49. The molecule has 2 nitrogen and oxygen atoms in total. The number of rotatable bonds is 4. The Morgan fingerprint density at radius 1 is 1.30 bits per heavy atom. The lowest BCUT2D eigenvalue weighted by Crippen LogP contribution is -2.21. The van der Waals surface area contributed by atoms with Crippen molar-refractivity contribution < 1.29 is 4.74 Å². The van der Waals surface area contributed by atoms with Gasteiger partial charge in [0.15, 0.2) is 0 Å². The Balaban J connectivity index is 3.04. The molecule has 0 unspecified atom stereocenters. The molecular formula is C8H19NO. The highest BCUT2D eigenvalue weighted by Gasteiger charge is 2.08. The fourth-order valence-corrected chi connectivity index (χ4v) is 0.627. The first kappa shape index (κ1) is 9.92. The maximum Gasteiger partial charge on any atom is 0.0598 e. The Morgan fingerprint density at radius 3 is 2.30 bits per heavy atom.